The Labute approximate surface area is 109 Å². The Morgan fingerprint density at radius 2 is 1.95 bits per heavy atom. The van der Waals surface area contributed by atoms with Gasteiger partial charge in [0, 0.05) is 7.05 Å². The largest absolute Gasteiger partial charge is 0.486 e. The fraction of sp³-hybridized carbons (Fsp3) is 0.231. The monoisotopic (exact) mass is 260 g/mol. The summed E-state index contributed by atoms with van der Waals surface area (Å²) >= 11 is 0. The molecule has 19 heavy (non-hydrogen) atoms. The summed E-state index contributed by atoms with van der Waals surface area (Å²) in [7, 11) is 1.43. The molecule has 1 saturated heterocycles. The maximum atomic E-state index is 11.7. The first-order valence-corrected chi connectivity index (χ1v) is 5.85. The van der Waals surface area contributed by atoms with Crippen LogP contribution in [0.15, 0.2) is 23.9 Å². The molecule has 1 N–H and O–H groups in total. The van der Waals surface area contributed by atoms with Gasteiger partial charge in [0.1, 0.15) is 18.9 Å². The summed E-state index contributed by atoms with van der Waals surface area (Å²) in [6.45, 7) is 1.04. The zero-order chi connectivity index (χ0) is 13.4. The molecule has 3 amide bonds. The minimum absolute atomic E-state index is 0.254. The second-order valence-corrected chi connectivity index (χ2v) is 4.26. The van der Waals surface area contributed by atoms with Crippen molar-refractivity contribution in [2.75, 3.05) is 20.3 Å². The number of amides is 3. The van der Waals surface area contributed by atoms with Crippen LogP contribution in [0.3, 0.4) is 0 Å². The van der Waals surface area contributed by atoms with E-state index in [1.165, 1.54) is 7.05 Å². The highest BCUT2D eigenvalue weighted by molar-refractivity contribution is 6.13. The van der Waals surface area contributed by atoms with Crippen LogP contribution in [0, 0.1) is 0 Å². The lowest BCUT2D eigenvalue weighted by atomic mass is 10.1. The van der Waals surface area contributed by atoms with Gasteiger partial charge in [0.05, 0.1) is 0 Å². The normalized spacial score (nSPS) is 19.8. The van der Waals surface area contributed by atoms with Crippen molar-refractivity contribution in [1.82, 2.24) is 10.2 Å². The highest BCUT2D eigenvalue weighted by atomic mass is 16.6. The average molecular weight is 260 g/mol. The van der Waals surface area contributed by atoms with Crippen molar-refractivity contribution in [2.45, 2.75) is 0 Å². The van der Waals surface area contributed by atoms with Gasteiger partial charge in [-0.1, -0.05) is 6.07 Å². The first-order chi connectivity index (χ1) is 9.15. The van der Waals surface area contributed by atoms with E-state index in [2.05, 4.69) is 5.32 Å². The number of imide groups is 1. The van der Waals surface area contributed by atoms with Crippen molar-refractivity contribution in [3.63, 3.8) is 0 Å². The molecule has 6 nitrogen and oxygen atoms in total. The zero-order valence-electron chi connectivity index (χ0n) is 10.3. The molecule has 2 heterocycles. The molecule has 0 aromatic heterocycles. The van der Waals surface area contributed by atoms with Crippen molar-refractivity contribution in [3.05, 3.63) is 29.5 Å². The number of fused-ring (bicyclic) bond motifs is 1. The number of benzene rings is 1. The molecule has 3 rings (SSSR count). The van der Waals surface area contributed by atoms with Gasteiger partial charge in [-0.25, -0.2) is 4.79 Å². The molecule has 98 valence electrons. The summed E-state index contributed by atoms with van der Waals surface area (Å²) < 4.78 is 10.9. The van der Waals surface area contributed by atoms with Crippen LogP contribution in [0.4, 0.5) is 4.79 Å². The Hall–Kier alpha value is -2.50. The summed E-state index contributed by atoms with van der Waals surface area (Å²) in [5.41, 5.74) is 1.02. The minimum atomic E-state index is -0.422. The third-order valence-electron chi connectivity index (χ3n) is 2.96. The van der Waals surface area contributed by atoms with E-state index in [4.69, 9.17) is 9.47 Å². The Morgan fingerprint density at radius 3 is 2.63 bits per heavy atom. The highest BCUT2D eigenvalue weighted by Gasteiger charge is 2.30. The molecule has 0 atom stereocenters. The minimum Gasteiger partial charge on any atom is -0.486 e. The maximum absolute atomic E-state index is 11.7. The van der Waals surface area contributed by atoms with E-state index in [0.717, 1.165) is 10.5 Å². The lowest BCUT2D eigenvalue weighted by Gasteiger charge is -2.18. The number of rotatable bonds is 1. The van der Waals surface area contributed by atoms with Crippen molar-refractivity contribution in [2.24, 2.45) is 0 Å². The van der Waals surface area contributed by atoms with Gasteiger partial charge in [0.2, 0.25) is 0 Å². The van der Waals surface area contributed by atoms with Gasteiger partial charge < -0.3 is 14.8 Å². The average Bonchev–Trinajstić information content (AvgIpc) is 2.66. The van der Waals surface area contributed by atoms with Gasteiger partial charge in [-0.2, -0.15) is 0 Å². The van der Waals surface area contributed by atoms with Crippen LogP contribution in [0.1, 0.15) is 5.56 Å². The highest BCUT2D eigenvalue weighted by Crippen LogP contribution is 2.31. The zero-order valence-corrected chi connectivity index (χ0v) is 10.3. The van der Waals surface area contributed by atoms with Crippen molar-refractivity contribution in [1.29, 1.82) is 0 Å². The number of hydrogen-bond donors (Lipinski definition) is 1. The molecule has 0 aliphatic carbocycles. The predicted molar refractivity (Wildman–Crippen MR) is 66.7 cm³/mol. The number of nitrogens with one attached hydrogen (secondary N) is 1. The van der Waals surface area contributed by atoms with E-state index < -0.39 is 6.03 Å². The summed E-state index contributed by atoms with van der Waals surface area (Å²) in [5.74, 6) is 0.984. The molecule has 1 aromatic carbocycles. The molecule has 6 heteroatoms. The van der Waals surface area contributed by atoms with E-state index >= 15 is 0 Å². The van der Waals surface area contributed by atoms with Crippen molar-refractivity contribution < 1.29 is 19.1 Å². The first kappa shape index (κ1) is 11.6. The Kier molecular flexibility index (Phi) is 2.63. The van der Waals surface area contributed by atoms with Gasteiger partial charge >= 0.3 is 6.03 Å². The smallest absolute Gasteiger partial charge is 0.328 e. The fourth-order valence-electron chi connectivity index (χ4n) is 1.94. The van der Waals surface area contributed by atoms with Crippen LogP contribution in [0.25, 0.3) is 6.08 Å². The van der Waals surface area contributed by atoms with Gasteiger partial charge in [0.15, 0.2) is 11.5 Å². The van der Waals surface area contributed by atoms with E-state index in [9.17, 15) is 9.59 Å². The van der Waals surface area contributed by atoms with Crippen LogP contribution >= 0.6 is 0 Å². The maximum Gasteiger partial charge on any atom is 0.328 e. The van der Waals surface area contributed by atoms with Gasteiger partial charge in [0.25, 0.3) is 5.91 Å². The number of urea groups is 1. The number of likely N-dealkylation sites (N-methyl/N-ethyl adjacent to an activating group) is 1. The summed E-state index contributed by atoms with van der Waals surface area (Å²) in [6.07, 6.45) is 1.61. The Morgan fingerprint density at radius 1 is 1.21 bits per heavy atom. The summed E-state index contributed by atoms with van der Waals surface area (Å²) in [5, 5.41) is 2.51. The van der Waals surface area contributed by atoms with Crippen LogP contribution in [0.2, 0.25) is 0 Å². The van der Waals surface area contributed by atoms with Crippen LogP contribution in [-0.2, 0) is 4.79 Å². The second kappa shape index (κ2) is 4.31. The molecule has 1 fully saturated rings. The Bertz CT molecular complexity index is 594. The molecule has 0 saturated carbocycles. The molecule has 2 aliphatic heterocycles. The third kappa shape index (κ3) is 2.01. The van der Waals surface area contributed by atoms with E-state index in [1.54, 1.807) is 24.3 Å². The molecular formula is C13H12N2O4. The van der Waals surface area contributed by atoms with E-state index in [0.29, 0.717) is 24.7 Å². The number of hydrogen-bond acceptors (Lipinski definition) is 4. The molecule has 0 spiro atoms. The number of nitrogens with zero attached hydrogens (tertiary/aromatic N) is 1. The molecular weight excluding hydrogens is 248 g/mol. The molecule has 1 aromatic rings. The fourth-order valence-corrected chi connectivity index (χ4v) is 1.94. The summed E-state index contributed by atoms with van der Waals surface area (Å²) in [6, 6.07) is 4.94. The second-order valence-electron chi connectivity index (χ2n) is 4.26. The summed E-state index contributed by atoms with van der Waals surface area (Å²) in [4.78, 5) is 24.1. The molecule has 0 bridgehead atoms. The van der Waals surface area contributed by atoms with Crippen LogP contribution in [0.5, 0.6) is 11.5 Å². The van der Waals surface area contributed by atoms with Gasteiger partial charge in [-0.3, -0.25) is 9.69 Å². The topological polar surface area (TPSA) is 67.9 Å². The van der Waals surface area contributed by atoms with Crippen molar-refractivity contribution >= 4 is 18.0 Å². The Balaban J connectivity index is 1.91. The first-order valence-electron chi connectivity index (χ1n) is 5.85. The van der Waals surface area contributed by atoms with Gasteiger partial charge in [-0.05, 0) is 23.8 Å². The van der Waals surface area contributed by atoms with E-state index in [-0.39, 0.29) is 11.6 Å². The van der Waals surface area contributed by atoms with Gasteiger partial charge in [-0.15, -0.1) is 0 Å². The lowest BCUT2D eigenvalue weighted by Crippen LogP contribution is -2.25. The number of carbonyl (C=O) groups is 2. The number of carbonyl (C=O) groups excluding carboxylic acids is 2. The van der Waals surface area contributed by atoms with E-state index in [1.807, 2.05) is 0 Å². The molecule has 0 radical (unpaired) electrons. The molecule has 0 unspecified atom stereocenters. The quantitative estimate of drug-likeness (QED) is 0.603. The number of ether oxygens (including phenoxy) is 2. The lowest BCUT2D eigenvalue weighted by molar-refractivity contribution is -0.121. The molecule has 2 aliphatic rings. The third-order valence-corrected chi connectivity index (χ3v) is 2.96. The van der Waals surface area contributed by atoms with Crippen LogP contribution < -0.4 is 14.8 Å². The standard InChI is InChI=1S/C13H12N2O4/c1-15-12(16)9(14-13(15)17)6-8-2-3-10-11(7-8)19-5-4-18-10/h2-3,6-7H,4-5H2,1H3,(H,14,17)/b9-6+. The van der Waals surface area contributed by atoms with Crippen molar-refractivity contribution in [3.8, 4) is 11.5 Å². The van der Waals surface area contributed by atoms with Crippen LogP contribution in [-0.4, -0.2) is 37.1 Å². The SMILES string of the molecule is CN1C(=O)N/C(=C/c2ccc3c(c2)OCCO3)C1=O. The predicted octanol–water partition coefficient (Wildman–Crippen LogP) is 0.980.